The fourth-order valence-electron chi connectivity index (χ4n) is 2.73. The van der Waals surface area contributed by atoms with Crippen molar-refractivity contribution in [2.75, 3.05) is 26.4 Å². The molecule has 1 aromatic rings. The molecule has 2 rings (SSSR count). The van der Waals surface area contributed by atoms with Crippen molar-refractivity contribution < 1.29 is 9.47 Å². The molecule has 112 valence electrons. The third kappa shape index (κ3) is 4.80. The smallest absolute Gasteiger partial charge is 0.125 e. The van der Waals surface area contributed by atoms with Crippen molar-refractivity contribution in [1.82, 2.24) is 5.32 Å². The molecule has 1 aromatic carbocycles. The van der Waals surface area contributed by atoms with E-state index in [-0.39, 0.29) is 0 Å². The van der Waals surface area contributed by atoms with E-state index in [0.717, 1.165) is 18.8 Å². The van der Waals surface area contributed by atoms with Gasteiger partial charge >= 0.3 is 0 Å². The van der Waals surface area contributed by atoms with E-state index in [1.54, 1.807) is 0 Å². The molecule has 1 atom stereocenters. The van der Waals surface area contributed by atoms with Crippen molar-refractivity contribution in [1.29, 1.82) is 0 Å². The van der Waals surface area contributed by atoms with E-state index < -0.39 is 0 Å². The second-order valence-electron chi connectivity index (χ2n) is 5.62. The van der Waals surface area contributed by atoms with Crippen molar-refractivity contribution in [3.8, 4) is 5.75 Å². The Balaban J connectivity index is 1.57. The molecule has 20 heavy (non-hydrogen) atoms. The number of benzene rings is 1. The van der Waals surface area contributed by atoms with Gasteiger partial charge in [-0.2, -0.15) is 0 Å². The Morgan fingerprint density at radius 1 is 1.10 bits per heavy atom. The van der Waals surface area contributed by atoms with E-state index in [1.807, 2.05) is 0 Å². The first-order chi connectivity index (χ1) is 9.77. The summed E-state index contributed by atoms with van der Waals surface area (Å²) >= 11 is 0. The maximum atomic E-state index is 5.82. The number of hydrogen-bond donors (Lipinski definition) is 1. The first-order valence-corrected chi connectivity index (χ1v) is 7.77. The molecule has 1 aliphatic heterocycles. The molecule has 1 fully saturated rings. The van der Waals surface area contributed by atoms with Crippen molar-refractivity contribution in [3.05, 3.63) is 29.3 Å². The number of para-hydroxylation sites is 1. The van der Waals surface area contributed by atoms with E-state index in [1.165, 1.54) is 36.9 Å². The van der Waals surface area contributed by atoms with Gasteiger partial charge in [0.2, 0.25) is 0 Å². The molecule has 3 heteroatoms. The van der Waals surface area contributed by atoms with Crippen LogP contribution in [0.1, 0.15) is 36.8 Å². The van der Waals surface area contributed by atoms with Crippen LogP contribution in [0.4, 0.5) is 0 Å². The third-order valence-electron chi connectivity index (χ3n) is 3.91. The molecule has 0 spiro atoms. The Morgan fingerprint density at radius 2 is 1.90 bits per heavy atom. The molecule has 1 N–H and O–H groups in total. The molecule has 1 saturated heterocycles. The Kier molecular flexibility index (Phi) is 6.34. The average molecular weight is 277 g/mol. The molecule has 1 heterocycles. The predicted octanol–water partition coefficient (Wildman–Crippen LogP) is 3.23. The van der Waals surface area contributed by atoms with Crippen LogP contribution in [0.15, 0.2) is 18.2 Å². The van der Waals surface area contributed by atoms with E-state index in [2.05, 4.69) is 37.4 Å². The average Bonchev–Trinajstić information content (AvgIpc) is 2.46. The highest BCUT2D eigenvalue weighted by atomic mass is 16.5. The summed E-state index contributed by atoms with van der Waals surface area (Å²) in [6.45, 7) is 7.45. The highest BCUT2D eigenvalue weighted by Gasteiger charge is 2.11. The van der Waals surface area contributed by atoms with Crippen LogP contribution < -0.4 is 10.1 Å². The summed E-state index contributed by atoms with van der Waals surface area (Å²) in [5.74, 6) is 1.00. The van der Waals surface area contributed by atoms with Crippen LogP contribution >= 0.6 is 0 Å². The molecule has 0 bridgehead atoms. The number of nitrogens with one attached hydrogen (secondary N) is 1. The molecule has 1 aliphatic rings. The minimum Gasteiger partial charge on any atom is -0.491 e. The minimum absolute atomic E-state index is 0.629. The fraction of sp³-hybridized carbons (Fsp3) is 0.647. The van der Waals surface area contributed by atoms with E-state index in [0.29, 0.717) is 19.3 Å². The summed E-state index contributed by atoms with van der Waals surface area (Å²) < 4.78 is 11.5. The topological polar surface area (TPSA) is 30.5 Å². The summed E-state index contributed by atoms with van der Waals surface area (Å²) in [7, 11) is 0. The van der Waals surface area contributed by atoms with E-state index in [9.17, 15) is 0 Å². The lowest BCUT2D eigenvalue weighted by Crippen LogP contribution is -2.34. The second kappa shape index (κ2) is 8.28. The van der Waals surface area contributed by atoms with Crippen molar-refractivity contribution in [3.63, 3.8) is 0 Å². The zero-order valence-electron chi connectivity index (χ0n) is 12.8. The van der Waals surface area contributed by atoms with Gasteiger partial charge in [-0.25, -0.2) is 0 Å². The van der Waals surface area contributed by atoms with Crippen molar-refractivity contribution in [2.45, 2.75) is 45.6 Å². The third-order valence-corrected chi connectivity index (χ3v) is 3.91. The normalized spacial score (nSPS) is 19.0. The fourth-order valence-corrected chi connectivity index (χ4v) is 2.73. The molecule has 0 aromatic heterocycles. The van der Waals surface area contributed by atoms with Gasteiger partial charge in [0.1, 0.15) is 12.4 Å². The predicted molar refractivity (Wildman–Crippen MR) is 82.5 cm³/mol. The summed E-state index contributed by atoms with van der Waals surface area (Å²) in [5, 5.41) is 3.54. The Bertz CT molecular complexity index is 380. The number of piperidine rings is 1. The van der Waals surface area contributed by atoms with Gasteiger partial charge in [-0.05, 0) is 50.8 Å². The van der Waals surface area contributed by atoms with Gasteiger partial charge in [0.25, 0.3) is 0 Å². The molecule has 0 aliphatic carbocycles. The Labute approximate surface area is 122 Å². The SMILES string of the molecule is Cc1cccc(C)c1OCCOCCC1CCCCN1. The quantitative estimate of drug-likeness (QED) is 0.776. The van der Waals surface area contributed by atoms with Crippen LogP contribution in [0.25, 0.3) is 0 Å². The molecular weight excluding hydrogens is 250 g/mol. The van der Waals surface area contributed by atoms with Gasteiger partial charge in [-0.1, -0.05) is 24.6 Å². The van der Waals surface area contributed by atoms with Gasteiger partial charge in [0.15, 0.2) is 0 Å². The van der Waals surface area contributed by atoms with Crippen LogP contribution in [0.5, 0.6) is 5.75 Å². The Morgan fingerprint density at radius 3 is 2.60 bits per heavy atom. The maximum Gasteiger partial charge on any atom is 0.125 e. The standard InChI is InChI=1S/C17H27NO2/c1-14-6-5-7-15(2)17(14)20-13-12-19-11-9-16-8-3-4-10-18-16/h5-7,16,18H,3-4,8-13H2,1-2H3. The zero-order chi connectivity index (χ0) is 14.2. The van der Waals surface area contributed by atoms with Crippen LogP contribution in [0, 0.1) is 13.8 Å². The molecule has 0 saturated carbocycles. The number of hydrogen-bond acceptors (Lipinski definition) is 3. The lowest BCUT2D eigenvalue weighted by molar-refractivity contribution is 0.0907. The minimum atomic E-state index is 0.629. The number of aryl methyl sites for hydroxylation is 2. The molecule has 0 radical (unpaired) electrons. The van der Waals surface area contributed by atoms with Gasteiger partial charge in [0, 0.05) is 12.6 Å². The van der Waals surface area contributed by atoms with E-state index >= 15 is 0 Å². The summed E-state index contributed by atoms with van der Waals surface area (Å²) in [6, 6.07) is 6.88. The van der Waals surface area contributed by atoms with Crippen LogP contribution in [-0.2, 0) is 4.74 Å². The largest absolute Gasteiger partial charge is 0.491 e. The monoisotopic (exact) mass is 277 g/mol. The molecule has 0 amide bonds. The summed E-state index contributed by atoms with van der Waals surface area (Å²) in [6.07, 6.45) is 5.08. The lowest BCUT2D eigenvalue weighted by Gasteiger charge is -2.23. The zero-order valence-corrected chi connectivity index (χ0v) is 12.8. The highest BCUT2D eigenvalue weighted by molar-refractivity contribution is 5.39. The van der Waals surface area contributed by atoms with Crippen molar-refractivity contribution >= 4 is 0 Å². The molecule has 3 nitrogen and oxygen atoms in total. The van der Waals surface area contributed by atoms with E-state index in [4.69, 9.17) is 9.47 Å². The van der Waals surface area contributed by atoms with Gasteiger partial charge in [0.05, 0.1) is 6.61 Å². The second-order valence-corrected chi connectivity index (χ2v) is 5.62. The number of ether oxygens (including phenoxy) is 2. The first kappa shape index (κ1) is 15.3. The summed E-state index contributed by atoms with van der Waals surface area (Å²) in [5.41, 5.74) is 2.38. The Hall–Kier alpha value is -1.06. The van der Waals surface area contributed by atoms with Crippen molar-refractivity contribution in [2.24, 2.45) is 0 Å². The maximum absolute atomic E-state index is 5.82. The van der Waals surface area contributed by atoms with Crippen LogP contribution in [-0.4, -0.2) is 32.4 Å². The van der Waals surface area contributed by atoms with Crippen LogP contribution in [0.3, 0.4) is 0 Å². The highest BCUT2D eigenvalue weighted by Crippen LogP contribution is 2.22. The van der Waals surface area contributed by atoms with Crippen LogP contribution in [0.2, 0.25) is 0 Å². The number of rotatable bonds is 7. The van der Waals surface area contributed by atoms with Gasteiger partial charge in [-0.15, -0.1) is 0 Å². The first-order valence-electron chi connectivity index (χ1n) is 7.77. The summed E-state index contributed by atoms with van der Waals surface area (Å²) in [4.78, 5) is 0. The van der Waals surface area contributed by atoms with Gasteiger partial charge in [-0.3, -0.25) is 0 Å². The molecular formula is C17H27NO2. The molecule has 1 unspecified atom stereocenters. The van der Waals surface area contributed by atoms with Gasteiger partial charge < -0.3 is 14.8 Å². The lowest BCUT2D eigenvalue weighted by atomic mass is 10.0.